The molecular formula is C27H37NO6. The van der Waals surface area contributed by atoms with Crippen LogP contribution in [0.1, 0.15) is 29.5 Å². The van der Waals surface area contributed by atoms with Crippen LogP contribution in [0.4, 0.5) is 0 Å². The Hall–Kier alpha value is -2.93. The molecule has 0 fully saturated rings. The van der Waals surface area contributed by atoms with Gasteiger partial charge in [-0.15, -0.1) is 0 Å². The number of nitrogens with zero attached hydrogens (tertiary/aromatic N) is 1. The van der Waals surface area contributed by atoms with Crippen molar-refractivity contribution in [2.24, 2.45) is 11.8 Å². The van der Waals surface area contributed by atoms with E-state index in [1.165, 1.54) is 11.1 Å². The number of hydrogen-bond donors (Lipinski definition) is 1. The molecule has 2 unspecified atom stereocenters. The van der Waals surface area contributed by atoms with Gasteiger partial charge in [0.1, 0.15) is 0 Å². The lowest BCUT2D eigenvalue weighted by molar-refractivity contribution is -0.144. The number of likely N-dealkylation sites (N-methyl/N-ethyl adjacent to an activating group) is 1. The summed E-state index contributed by atoms with van der Waals surface area (Å²) in [7, 11) is 8.58. The minimum atomic E-state index is -0.706. The smallest absolute Gasteiger partial charge is 0.306 e. The van der Waals surface area contributed by atoms with Gasteiger partial charge in [0.2, 0.25) is 0 Å². The second-order valence-corrected chi connectivity index (χ2v) is 8.95. The Morgan fingerprint density at radius 2 is 1.56 bits per heavy atom. The van der Waals surface area contributed by atoms with Gasteiger partial charge in [0.05, 0.1) is 34.4 Å². The highest BCUT2D eigenvalue weighted by atomic mass is 16.5. The second-order valence-electron chi connectivity index (χ2n) is 8.95. The van der Waals surface area contributed by atoms with E-state index in [1.807, 2.05) is 37.4 Å². The molecule has 186 valence electrons. The maximum Gasteiger partial charge on any atom is 0.306 e. The first-order valence-electron chi connectivity index (χ1n) is 11.8. The Morgan fingerprint density at radius 1 is 0.941 bits per heavy atom. The predicted octanol–water partition coefficient (Wildman–Crippen LogP) is 4.09. The summed E-state index contributed by atoms with van der Waals surface area (Å²) in [5.41, 5.74) is 3.56. The van der Waals surface area contributed by atoms with Crippen LogP contribution in [0.15, 0.2) is 30.3 Å². The molecule has 1 N–H and O–H groups in total. The number of fused-ring (bicyclic) bond motifs is 1. The highest BCUT2D eigenvalue weighted by Crippen LogP contribution is 2.38. The van der Waals surface area contributed by atoms with Crippen molar-refractivity contribution in [2.75, 3.05) is 48.6 Å². The highest BCUT2D eigenvalue weighted by Gasteiger charge is 2.32. The molecule has 2 atom stereocenters. The van der Waals surface area contributed by atoms with E-state index < -0.39 is 5.97 Å². The summed E-state index contributed by atoms with van der Waals surface area (Å²) < 4.78 is 21.6. The summed E-state index contributed by atoms with van der Waals surface area (Å²) in [5.74, 6) is 1.90. The minimum absolute atomic E-state index is 0.113. The molecule has 2 aromatic rings. The van der Waals surface area contributed by atoms with Crippen molar-refractivity contribution in [3.05, 3.63) is 47.0 Å². The van der Waals surface area contributed by atoms with Gasteiger partial charge in [-0.3, -0.25) is 4.79 Å². The quantitative estimate of drug-likeness (QED) is 0.500. The van der Waals surface area contributed by atoms with Crippen LogP contribution in [-0.2, 0) is 24.1 Å². The molecule has 34 heavy (non-hydrogen) atoms. The van der Waals surface area contributed by atoms with Crippen LogP contribution < -0.4 is 18.9 Å². The van der Waals surface area contributed by atoms with Crippen molar-refractivity contribution >= 4 is 5.97 Å². The summed E-state index contributed by atoms with van der Waals surface area (Å²) in [4.78, 5) is 14.4. The molecule has 7 heteroatoms. The maximum absolute atomic E-state index is 12.2. The molecule has 1 aliphatic carbocycles. The maximum atomic E-state index is 12.2. The number of carboxylic acids is 1. The average molecular weight is 472 g/mol. The third kappa shape index (κ3) is 6.14. The largest absolute Gasteiger partial charge is 0.493 e. The van der Waals surface area contributed by atoms with Crippen LogP contribution in [0.3, 0.4) is 0 Å². The van der Waals surface area contributed by atoms with Crippen molar-refractivity contribution in [2.45, 2.75) is 32.1 Å². The summed E-state index contributed by atoms with van der Waals surface area (Å²) in [6.45, 7) is 1.58. The topological polar surface area (TPSA) is 77.5 Å². The van der Waals surface area contributed by atoms with Crippen LogP contribution in [0.5, 0.6) is 23.0 Å². The van der Waals surface area contributed by atoms with E-state index in [2.05, 4.69) is 4.90 Å². The lowest BCUT2D eigenvalue weighted by Gasteiger charge is -2.31. The fourth-order valence-electron chi connectivity index (χ4n) is 4.84. The van der Waals surface area contributed by atoms with Crippen LogP contribution in [-0.4, -0.2) is 64.6 Å². The van der Waals surface area contributed by atoms with E-state index in [0.717, 1.165) is 55.8 Å². The number of carbonyl (C=O) groups is 1. The van der Waals surface area contributed by atoms with Crippen LogP contribution in [0, 0.1) is 11.8 Å². The summed E-state index contributed by atoms with van der Waals surface area (Å²) in [5, 5.41) is 10.00. The van der Waals surface area contributed by atoms with Gasteiger partial charge in [0.15, 0.2) is 23.0 Å². The Morgan fingerprint density at radius 3 is 2.18 bits per heavy atom. The SMILES string of the molecule is COc1ccc(CCN(C)CCC(C(=O)O)C2CCc3cc(OC)c(OC)cc3C2)cc1OC. The number of ether oxygens (including phenoxy) is 4. The number of carboxylic acid groups (broad SMARTS) is 1. The first-order valence-corrected chi connectivity index (χ1v) is 11.8. The Labute approximate surface area is 202 Å². The molecule has 2 aromatic carbocycles. The predicted molar refractivity (Wildman–Crippen MR) is 132 cm³/mol. The molecule has 7 nitrogen and oxygen atoms in total. The highest BCUT2D eigenvalue weighted by molar-refractivity contribution is 5.70. The number of methoxy groups -OCH3 is 4. The molecule has 0 heterocycles. The molecule has 0 bridgehead atoms. The van der Waals surface area contributed by atoms with Crippen LogP contribution in [0.2, 0.25) is 0 Å². The molecule has 3 rings (SSSR count). The average Bonchev–Trinajstić information content (AvgIpc) is 2.86. The monoisotopic (exact) mass is 471 g/mol. The molecule has 0 spiro atoms. The van der Waals surface area contributed by atoms with Gasteiger partial charge < -0.3 is 29.0 Å². The molecule has 1 aliphatic rings. The standard InChI is InChI=1S/C27H37NO6/c1-28(12-10-18-6-9-23(31-2)24(14-18)32-3)13-11-22(27(29)30)20-8-7-19-16-25(33-4)26(34-5)17-21(19)15-20/h6,9,14,16-17,20,22H,7-8,10-13,15H2,1-5H3,(H,29,30). The van der Waals surface area contributed by atoms with Crippen molar-refractivity contribution in [1.29, 1.82) is 0 Å². The van der Waals surface area contributed by atoms with E-state index in [1.54, 1.807) is 28.4 Å². The number of hydrogen-bond acceptors (Lipinski definition) is 6. The zero-order valence-corrected chi connectivity index (χ0v) is 20.9. The van der Waals surface area contributed by atoms with Gasteiger partial charge in [-0.05, 0) is 92.6 Å². The van der Waals surface area contributed by atoms with Gasteiger partial charge in [-0.2, -0.15) is 0 Å². The molecule has 0 radical (unpaired) electrons. The number of benzene rings is 2. The van der Waals surface area contributed by atoms with E-state index in [-0.39, 0.29) is 11.8 Å². The molecule has 0 aliphatic heterocycles. The van der Waals surface area contributed by atoms with E-state index in [9.17, 15) is 9.90 Å². The molecule has 0 saturated carbocycles. The van der Waals surface area contributed by atoms with Crippen molar-refractivity contribution in [3.63, 3.8) is 0 Å². The van der Waals surface area contributed by atoms with Gasteiger partial charge in [0, 0.05) is 6.54 Å². The third-order valence-electron chi connectivity index (χ3n) is 6.91. The van der Waals surface area contributed by atoms with Crippen molar-refractivity contribution in [1.82, 2.24) is 4.90 Å². The summed E-state index contributed by atoms with van der Waals surface area (Å²) >= 11 is 0. The van der Waals surface area contributed by atoms with E-state index in [4.69, 9.17) is 18.9 Å². The minimum Gasteiger partial charge on any atom is -0.493 e. The summed E-state index contributed by atoms with van der Waals surface area (Å²) in [6, 6.07) is 9.99. The first kappa shape index (κ1) is 25.7. The van der Waals surface area contributed by atoms with Crippen LogP contribution >= 0.6 is 0 Å². The Balaban J connectivity index is 1.58. The third-order valence-corrected chi connectivity index (χ3v) is 6.91. The number of aliphatic carboxylic acids is 1. The number of rotatable bonds is 12. The van der Waals surface area contributed by atoms with E-state index >= 15 is 0 Å². The Kier molecular flexibility index (Phi) is 9.05. The number of aryl methyl sites for hydroxylation is 1. The van der Waals surface area contributed by atoms with Crippen molar-refractivity contribution in [3.8, 4) is 23.0 Å². The first-order chi connectivity index (χ1) is 16.4. The molecular weight excluding hydrogens is 434 g/mol. The van der Waals surface area contributed by atoms with E-state index in [0.29, 0.717) is 17.9 Å². The second kappa shape index (κ2) is 12.0. The van der Waals surface area contributed by atoms with Gasteiger partial charge in [0.25, 0.3) is 0 Å². The lowest BCUT2D eigenvalue weighted by atomic mass is 9.75. The zero-order valence-electron chi connectivity index (χ0n) is 20.9. The van der Waals surface area contributed by atoms with Gasteiger partial charge in [-0.1, -0.05) is 6.07 Å². The van der Waals surface area contributed by atoms with Gasteiger partial charge >= 0.3 is 5.97 Å². The Bertz CT molecular complexity index is 976. The molecule has 0 saturated heterocycles. The van der Waals surface area contributed by atoms with Crippen LogP contribution in [0.25, 0.3) is 0 Å². The lowest BCUT2D eigenvalue weighted by Crippen LogP contribution is -2.32. The fraction of sp³-hybridized carbons (Fsp3) is 0.519. The zero-order chi connectivity index (χ0) is 24.7. The van der Waals surface area contributed by atoms with Gasteiger partial charge in [-0.25, -0.2) is 0 Å². The molecule has 0 amide bonds. The summed E-state index contributed by atoms with van der Waals surface area (Å²) in [6.07, 6.45) is 3.97. The van der Waals surface area contributed by atoms with Crippen molar-refractivity contribution < 1.29 is 28.8 Å². The molecule has 0 aromatic heterocycles. The fourth-order valence-corrected chi connectivity index (χ4v) is 4.84. The normalized spacial score (nSPS) is 16.0.